The number of rotatable bonds is 2. The van der Waals surface area contributed by atoms with E-state index in [9.17, 15) is 9.90 Å². The van der Waals surface area contributed by atoms with Gasteiger partial charge in [-0.05, 0) is 30.3 Å². The summed E-state index contributed by atoms with van der Waals surface area (Å²) in [5.41, 5.74) is 0.292. The van der Waals surface area contributed by atoms with Crippen LogP contribution in [0.3, 0.4) is 0 Å². The van der Waals surface area contributed by atoms with Gasteiger partial charge in [0.25, 0.3) is 0 Å². The molecule has 2 fully saturated rings. The van der Waals surface area contributed by atoms with Gasteiger partial charge in [0, 0.05) is 12.0 Å². The van der Waals surface area contributed by atoms with Crippen LogP contribution in [0.5, 0.6) is 0 Å². The average molecular weight is 256 g/mol. The summed E-state index contributed by atoms with van der Waals surface area (Å²) in [6.07, 6.45) is 4.47. The molecule has 0 saturated heterocycles. The molecular formula is C17H20O2. The number of Topliss-reactive ketones (excluding diaryl/α,β-unsaturated/α-hetero) is 1. The summed E-state index contributed by atoms with van der Waals surface area (Å²) in [5, 5.41) is 10.4. The molecule has 0 amide bonds. The lowest BCUT2D eigenvalue weighted by atomic mass is 9.68. The van der Waals surface area contributed by atoms with Crippen LogP contribution in [0.4, 0.5) is 0 Å². The molecule has 1 aromatic rings. The SMILES string of the molecule is CC1(C)C2CCC1(C=C(O)c1ccccc1)C(=O)C2. The summed E-state index contributed by atoms with van der Waals surface area (Å²) in [5.74, 6) is 1.01. The van der Waals surface area contributed by atoms with Crippen molar-refractivity contribution in [1.29, 1.82) is 0 Å². The van der Waals surface area contributed by atoms with E-state index in [2.05, 4.69) is 13.8 Å². The minimum Gasteiger partial charge on any atom is -0.508 e. The molecule has 2 bridgehead atoms. The highest BCUT2D eigenvalue weighted by Crippen LogP contribution is 2.64. The first kappa shape index (κ1) is 12.5. The Morgan fingerprint density at radius 1 is 1.32 bits per heavy atom. The molecule has 0 aliphatic heterocycles. The smallest absolute Gasteiger partial charge is 0.143 e. The Bertz CT molecular complexity index is 542. The second-order valence-corrected chi connectivity index (χ2v) is 6.45. The summed E-state index contributed by atoms with van der Waals surface area (Å²) in [4.78, 5) is 12.4. The first-order chi connectivity index (χ1) is 8.97. The Hall–Kier alpha value is -1.57. The van der Waals surface area contributed by atoms with Crippen molar-refractivity contribution in [1.82, 2.24) is 0 Å². The Balaban J connectivity index is 2.04. The first-order valence-electron chi connectivity index (χ1n) is 6.98. The van der Waals surface area contributed by atoms with Gasteiger partial charge in [0.05, 0.1) is 5.41 Å². The van der Waals surface area contributed by atoms with Crippen LogP contribution in [0.1, 0.15) is 38.7 Å². The van der Waals surface area contributed by atoms with Crippen molar-refractivity contribution in [3.05, 3.63) is 42.0 Å². The summed E-state index contributed by atoms with van der Waals surface area (Å²) in [6, 6.07) is 9.47. The molecule has 2 saturated carbocycles. The molecule has 0 aromatic heterocycles. The highest BCUT2D eigenvalue weighted by atomic mass is 16.3. The van der Waals surface area contributed by atoms with E-state index in [-0.39, 0.29) is 11.2 Å². The molecule has 2 nitrogen and oxygen atoms in total. The van der Waals surface area contributed by atoms with Crippen molar-refractivity contribution in [2.45, 2.75) is 33.1 Å². The number of carbonyl (C=O) groups is 1. The van der Waals surface area contributed by atoms with Crippen LogP contribution >= 0.6 is 0 Å². The van der Waals surface area contributed by atoms with Gasteiger partial charge in [-0.15, -0.1) is 0 Å². The van der Waals surface area contributed by atoms with Crippen LogP contribution in [0, 0.1) is 16.7 Å². The summed E-state index contributed by atoms with van der Waals surface area (Å²) in [7, 11) is 0. The van der Waals surface area contributed by atoms with Crippen molar-refractivity contribution in [2.75, 3.05) is 0 Å². The van der Waals surface area contributed by atoms with E-state index in [0.29, 0.717) is 18.1 Å². The number of aliphatic hydroxyl groups excluding tert-OH is 1. The van der Waals surface area contributed by atoms with Crippen molar-refractivity contribution in [3.63, 3.8) is 0 Å². The molecule has 2 heteroatoms. The van der Waals surface area contributed by atoms with E-state index in [1.54, 1.807) is 0 Å². The van der Waals surface area contributed by atoms with E-state index >= 15 is 0 Å². The van der Waals surface area contributed by atoms with Gasteiger partial charge in [-0.1, -0.05) is 44.2 Å². The highest BCUT2D eigenvalue weighted by Gasteiger charge is 2.63. The standard InChI is InChI=1S/C17H20O2/c1-16(2)13-8-9-17(16,15(19)10-13)11-14(18)12-6-4-3-5-7-12/h3-7,11,13,18H,8-10H2,1-2H3. The van der Waals surface area contributed by atoms with Gasteiger partial charge in [0.1, 0.15) is 11.5 Å². The zero-order valence-corrected chi connectivity index (χ0v) is 11.5. The Labute approximate surface area is 114 Å². The highest BCUT2D eigenvalue weighted by molar-refractivity contribution is 5.92. The number of aliphatic hydroxyl groups is 1. The summed E-state index contributed by atoms with van der Waals surface area (Å²) >= 11 is 0. The average Bonchev–Trinajstić information content (AvgIpc) is 2.74. The number of hydrogen-bond acceptors (Lipinski definition) is 2. The lowest BCUT2D eigenvalue weighted by Gasteiger charge is -2.34. The molecule has 2 atom stereocenters. The van der Waals surface area contributed by atoms with Crippen LogP contribution in [0.25, 0.3) is 5.76 Å². The van der Waals surface area contributed by atoms with E-state index in [1.807, 2.05) is 36.4 Å². The van der Waals surface area contributed by atoms with E-state index in [0.717, 1.165) is 18.4 Å². The van der Waals surface area contributed by atoms with Gasteiger partial charge in [0.15, 0.2) is 0 Å². The first-order valence-corrected chi connectivity index (χ1v) is 6.98. The fourth-order valence-corrected chi connectivity index (χ4v) is 3.98. The van der Waals surface area contributed by atoms with Gasteiger partial charge in [-0.2, -0.15) is 0 Å². The summed E-state index contributed by atoms with van der Waals surface area (Å²) < 4.78 is 0. The van der Waals surface area contributed by atoms with Crippen LogP contribution < -0.4 is 0 Å². The third-order valence-corrected chi connectivity index (χ3v) is 5.44. The molecule has 100 valence electrons. The minimum atomic E-state index is -0.461. The maximum atomic E-state index is 12.4. The normalized spacial score (nSPS) is 32.8. The molecule has 19 heavy (non-hydrogen) atoms. The maximum absolute atomic E-state index is 12.4. The molecule has 0 heterocycles. The molecule has 1 aromatic carbocycles. The molecule has 0 radical (unpaired) electrons. The Morgan fingerprint density at radius 3 is 2.53 bits per heavy atom. The number of carbonyl (C=O) groups excluding carboxylic acids is 1. The van der Waals surface area contributed by atoms with E-state index in [1.165, 1.54) is 0 Å². The molecule has 3 rings (SSSR count). The van der Waals surface area contributed by atoms with Crippen LogP contribution in [-0.2, 0) is 4.79 Å². The monoisotopic (exact) mass is 256 g/mol. The third kappa shape index (κ3) is 1.59. The zero-order valence-electron chi connectivity index (χ0n) is 11.5. The third-order valence-electron chi connectivity index (χ3n) is 5.44. The predicted octanol–water partition coefficient (Wildman–Crippen LogP) is 3.98. The number of hydrogen-bond donors (Lipinski definition) is 1. The number of allylic oxidation sites excluding steroid dienone is 1. The van der Waals surface area contributed by atoms with E-state index in [4.69, 9.17) is 0 Å². The fourth-order valence-electron chi connectivity index (χ4n) is 3.98. The van der Waals surface area contributed by atoms with Crippen molar-refractivity contribution in [2.24, 2.45) is 16.7 Å². The van der Waals surface area contributed by atoms with Crippen LogP contribution in [-0.4, -0.2) is 10.9 Å². The van der Waals surface area contributed by atoms with Gasteiger partial charge in [-0.3, -0.25) is 4.79 Å². The lowest BCUT2D eigenvalue weighted by molar-refractivity contribution is -0.126. The van der Waals surface area contributed by atoms with Crippen LogP contribution in [0.2, 0.25) is 0 Å². The molecule has 2 aliphatic carbocycles. The van der Waals surface area contributed by atoms with Crippen molar-refractivity contribution >= 4 is 11.5 Å². The van der Waals surface area contributed by atoms with Crippen molar-refractivity contribution < 1.29 is 9.90 Å². The largest absolute Gasteiger partial charge is 0.508 e. The molecule has 0 spiro atoms. The number of ketones is 1. The quantitative estimate of drug-likeness (QED) is 0.813. The fraction of sp³-hybridized carbons (Fsp3) is 0.471. The topological polar surface area (TPSA) is 37.3 Å². The Kier molecular flexibility index (Phi) is 2.60. The maximum Gasteiger partial charge on any atom is 0.143 e. The second-order valence-electron chi connectivity index (χ2n) is 6.45. The Morgan fingerprint density at radius 2 is 2.00 bits per heavy atom. The van der Waals surface area contributed by atoms with Gasteiger partial charge in [0.2, 0.25) is 0 Å². The van der Waals surface area contributed by atoms with Gasteiger partial charge in [-0.25, -0.2) is 0 Å². The van der Waals surface area contributed by atoms with E-state index < -0.39 is 5.41 Å². The molecule has 1 N–H and O–H groups in total. The molecule has 2 unspecified atom stereocenters. The van der Waals surface area contributed by atoms with Gasteiger partial charge < -0.3 is 5.11 Å². The molecular weight excluding hydrogens is 236 g/mol. The summed E-state index contributed by atoms with van der Waals surface area (Å²) in [6.45, 7) is 4.34. The predicted molar refractivity (Wildman–Crippen MR) is 75.6 cm³/mol. The van der Waals surface area contributed by atoms with Crippen molar-refractivity contribution in [3.8, 4) is 0 Å². The lowest BCUT2D eigenvalue weighted by Crippen LogP contribution is -2.34. The zero-order chi connectivity index (χ0) is 13.7. The number of fused-ring (bicyclic) bond motifs is 2. The van der Waals surface area contributed by atoms with Gasteiger partial charge >= 0.3 is 0 Å². The second kappa shape index (κ2) is 3.96. The number of benzene rings is 1. The minimum absolute atomic E-state index is 0.0349. The molecule has 2 aliphatic rings. The van der Waals surface area contributed by atoms with Crippen LogP contribution in [0.15, 0.2) is 36.4 Å².